The monoisotopic (exact) mass is 463 g/mol. The molecule has 3 heterocycles. The lowest BCUT2D eigenvalue weighted by molar-refractivity contribution is 0.0950. The predicted molar refractivity (Wildman–Crippen MR) is 127 cm³/mol. The van der Waals surface area contributed by atoms with Gasteiger partial charge in [0.05, 0.1) is 6.54 Å². The minimum absolute atomic E-state index is 0.225. The van der Waals surface area contributed by atoms with Crippen LogP contribution < -0.4 is 15.5 Å². The summed E-state index contributed by atoms with van der Waals surface area (Å²) in [6.45, 7) is 4.62. The van der Waals surface area contributed by atoms with E-state index in [9.17, 15) is 4.79 Å². The van der Waals surface area contributed by atoms with Gasteiger partial charge in [-0.15, -0.1) is 0 Å². The molecule has 1 saturated heterocycles. The average molecular weight is 464 g/mol. The fourth-order valence-electron chi connectivity index (χ4n) is 4.12. The smallest absolute Gasteiger partial charge is 0.256 e. The summed E-state index contributed by atoms with van der Waals surface area (Å²) in [4.78, 5) is 32.8. The van der Waals surface area contributed by atoms with E-state index < -0.39 is 0 Å². The molecule has 9 heteroatoms. The average Bonchev–Trinajstić information content (AvgIpc) is 3.47. The Balaban J connectivity index is 1.36. The van der Waals surface area contributed by atoms with Crippen LogP contribution in [0.2, 0.25) is 5.02 Å². The first-order valence-electron chi connectivity index (χ1n) is 11.2. The number of carbonyl (C=O) groups is 1. The van der Waals surface area contributed by atoms with Crippen LogP contribution in [0, 0.1) is 12.3 Å². The van der Waals surface area contributed by atoms with Crippen molar-refractivity contribution >= 4 is 29.3 Å². The molecule has 0 radical (unpaired) electrons. The van der Waals surface area contributed by atoms with Gasteiger partial charge in [0.1, 0.15) is 17.2 Å². The molecular formula is C24H26ClN7O. The Labute approximate surface area is 197 Å². The van der Waals surface area contributed by atoms with Crippen LogP contribution in [0.4, 0.5) is 11.8 Å². The van der Waals surface area contributed by atoms with Crippen molar-refractivity contribution in [3.8, 4) is 0 Å². The molecule has 0 atom stereocenters. The maximum atomic E-state index is 13.0. The second-order valence-electron chi connectivity index (χ2n) is 8.89. The third-order valence-corrected chi connectivity index (χ3v) is 6.83. The van der Waals surface area contributed by atoms with Crippen molar-refractivity contribution < 1.29 is 4.79 Å². The summed E-state index contributed by atoms with van der Waals surface area (Å²) >= 11 is 6.28. The quantitative estimate of drug-likeness (QED) is 0.550. The zero-order chi connectivity index (χ0) is 22.8. The van der Waals surface area contributed by atoms with Crippen LogP contribution in [0.25, 0.3) is 0 Å². The highest BCUT2D eigenvalue weighted by atomic mass is 35.5. The number of amides is 1. The topological polar surface area (TPSA) is 95.9 Å². The Morgan fingerprint density at radius 1 is 1.15 bits per heavy atom. The van der Waals surface area contributed by atoms with Gasteiger partial charge >= 0.3 is 0 Å². The second kappa shape index (κ2) is 8.94. The van der Waals surface area contributed by atoms with Crippen molar-refractivity contribution in [3.63, 3.8) is 0 Å². The van der Waals surface area contributed by atoms with Gasteiger partial charge in [-0.2, -0.15) is 4.98 Å². The Kier molecular flexibility index (Phi) is 5.85. The molecule has 1 saturated carbocycles. The zero-order valence-electron chi connectivity index (χ0n) is 18.5. The van der Waals surface area contributed by atoms with E-state index in [1.807, 2.05) is 25.1 Å². The van der Waals surface area contributed by atoms with E-state index in [4.69, 9.17) is 16.6 Å². The molecule has 0 unspecified atom stereocenters. The number of rotatable bonds is 7. The van der Waals surface area contributed by atoms with Crippen LogP contribution in [0.15, 0.2) is 42.9 Å². The Morgan fingerprint density at radius 2 is 1.97 bits per heavy atom. The van der Waals surface area contributed by atoms with Crippen LogP contribution >= 0.6 is 11.6 Å². The molecule has 8 nitrogen and oxygen atoms in total. The first-order valence-corrected chi connectivity index (χ1v) is 11.5. The van der Waals surface area contributed by atoms with Crippen LogP contribution in [-0.4, -0.2) is 38.9 Å². The van der Waals surface area contributed by atoms with Crippen molar-refractivity contribution in [3.05, 3.63) is 70.4 Å². The summed E-state index contributed by atoms with van der Waals surface area (Å²) in [5.41, 5.74) is 2.87. The van der Waals surface area contributed by atoms with Crippen LogP contribution in [0.1, 0.15) is 46.6 Å². The number of hydrogen-bond donors (Lipinski definition) is 2. The Bertz CT molecular complexity index is 1170. The number of hydrogen-bond acceptors (Lipinski definition) is 7. The molecule has 2 aromatic heterocycles. The molecule has 2 fully saturated rings. The third kappa shape index (κ3) is 4.90. The van der Waals surface area contributed by atoms with Gasteiger partial charge in [0.15, 0.2) is 0 Å². The lowest BCUT2D eigenvalue weighted by atomic mass is 10.1. The SMILES string of the molecule is Cc1ccc(CNc2nc(N3CCC4(CC4)C3)ncc2C(=O)NCc2ncccn2)cc1Cl. The number of aryl methyl sites for hydroxylation is 1. The minimum Gasteiger partial charge on any atom is -0.365 e. The largest absolute Gasteiger partial charge is 0.365 e. The number of carbonyl (C=O) groups excluding carboxylic acids is 1. The molecule has 1 amide bonds. The van der Waals surface area contributed by atoms with E-state index in [2.05, 4.69) is 30.5 Å². The van der Waals surface area contributed by atoms with Crippen molar-refractivity contribution in [2.45, 2.75) is 39.3 Å². The van der Waals surface area contributed by atoms with Crippen molar-refractivity contribution in [1.82, 2.24) is 25.3 Å². The highest BCUT2D eigenvalue weighted by molar-refractivity contribution is 6.31. The van der Waals surface area contributed by atoms with E-state index >= 15 is 0 Å². The molecular weight excluding hydrogens is 438 g/mol. The molecule has 1 aromatic carbocycles. The molecule has 2 N–H and O–H groups in total. The standard InChI is InChI=1S/C24H26ClN7O/c1-16-3-4-17(11-19(16)25)12-28-21-18(22(33)29-14-20-26-8-2-9-27-20)13-30-23(31-21)32-10-7-24(15-32)5-6-24/h2-4,8-9,11,13H,5-7,10,12,14-15H2,1H3,(H,29,33)(H,28,30,31). The van der Waals surface area contributed by atoms with Crippen molar-refractivity contribution in [2.75, 3.05) is 23.3 Å². The molecule has 170 valence electrons. The summed E-state index contributed by atoms with van der Waals surface area (Å²) in [5, 5.41) is 6.90. The first-order chi connectivity index (χ1) is 16.0. The van der Waals surface area contributed by atoms with E-state index in [0.717, 1.165) is 24.2 Å². The molecule has 1 aliphatic carbocycles. The van der Waals surface area contributed by atoms with Gasteiger partial charge in [-0.1, -0.05) is 23.7 Å². The summed E-state index contributed by atoms with van der Waals surface area (Å²) in [5.74, 6) is 1.42. The number of anilines is 2. The number of nitrogens with one attached hydrogen (secondary N) is 2. The van der Waals surface area contributed by atoms with Gasteiger partial charge in [-0.3, -0.25) is 4.79 Å². The van der Waals surface area contributed by atoms with Gasteiger partial charge < -0.3 is 15.5 Å². The normalized spacial score (nSPS) is 16.1. The van der Waals surface area contributed by atoms with E-state index in [1.54, 1.807) is 24.7 Å². The van der Waals surface area contributed by atoms with E-state index in [-0.39, 0.29) is 12.5 Å². The second-order valence-corrected chi connectivity index (χ2v) is 9.30. The lowest BCUT2D eigenvalue weighted by Crippen LogP contribution is -2.27. The Morgan fingerprint density at radius 3 is 2.70 bits per heavy atom. The molecule has 2 aliphatic rings. The van der Waals surface area contributed by atoms with Gasteiger partial charge in [-0.25, -0.2) is 15.0 Å². The van der Waals surface area contributed by atoms with Crippen LogP contribution in [-0.2, 0) is 13.1 Å². The van der Waals surface area contributed by atoms with Gasteiger partial charge in [-0.05, 0) is 54.9 Å². The molecule has 1 aliphatic heterocycles. The Hall–Kier alpha value is -3.26. The molecule has 33 heavy (non-hydrogen) atoms. The molecule has 1 spiro atoms. The predicted octanol–water partition coefficient (Wildman–Crippen LogP) is 3.76. The van der Waals surface area contributed by atoms with Crippen molar-refractivity contribution in [2.24, 2.45) is 5.41 Å². The van der Waals surface area contributed by atoms with E-state index in [0.29, 0.717) is 40.1 Å². The fourth-order valence-corrected chi connectivity index (χ4v) is 4.33. The molecule has 0 bridgehead atoms. The molecule has 3 aromatic rings. The third-order valence-electron chi connectivity index (χ3n) is 6.42. The highest BCUT2D eigenvalue weighted by Gasteiger charge is 2.48. The number of benzene rings is 1. The van der Waals surface area contributed by atoms with E-state index in [1.165, 1.54) is 19.3 Å². The lowest BCUT2D eigenvalue weighted by Gasteiger charge is -2.19. The summed E-state index contributed by atoms with van der Waals surface area (Å²) in [6, 6.07) is 7.66. The number of halogens is 1. The van der Waals surface area contributed by atoms with Gasteiger partial charge in [0.2, 0.25) is 5.95 Å². The maximum absolute atomic E-state index is 13.0. The number of aromatic nitrogens is 4. The zero-order valence-corrected chi connectivity index (χ0v) is 19.3. The number of nitrogens with zero attached hydrogens (tertiary/aromatic N) is 5. The van der Waals surface area contributed by atoms with Gasteiger partial charge in [0.25, 0.3) is 5.91 Å². The minimum atomic E-state index is -0.279. The van der Waals surface area contributed by atoms with Gasteiger partial charge in [0, 0.05) is 43.2 Å². The molecule has 5 rings (SSSR count). The summed E-state index contributed by atoms with van der Waals surface area (Å²) in [7, 11) is 0. The summed E-state index contributed by atoms with van der Waals surface area (Å²) in [6.07, 6.45) is 8.64. The highest BCUT2D eigenvalue weighted by Crippen LogP contribution is 2.53. The maximum Gasteiger partial charge on any atom is 0.256 e. The fraction of sp³-hybridized carbons (Fsp3) is 0.375. The van der Waals surface area contributed by atoms with Crippen molar-refractivity contribution in [1.29, 1.82) is 0 Å². The first kappa shape index (κ1) is 21.6. The van der Waals surface area contributed by atoms with Crippen LogP contribution in [0.3, 0.4) is 0 Å². The summed E-state index contributed by atoms with van der Waals surface area (Å²) < 4.78 is 0. The van der Waals surface area contributed by atoms with Crippen LogP contribution in [0.5, 0.6) is 0 Å².